The highest BCUT2D eigenvalue weighted by Gasteiger charge is 2.34. The van der Waals surface area contributed by atoms with Crippen molar-refractivity contribution in [1.29, 1.82) is 0 Å². The Balaban J connectivity index is 1.88. The van der Waals surface area contributed by atoms with Crippen LogP contribution in [0, 0.1) is 11.8 Å². The number of nitrogens with zero attached hydrogens (tertiary/aromatic N) is 1. The topological polar surface area (TPSA) is 40.5 Å². The number of carboxylic acids is 1. The summed E-state index contributed by atoms with van der Waals surface area (Å²) in [5, 5.41) is 9.64. The number of likely N-dealkylation sites (tertiary alicyclic amines) is 1. The minimum atomic E-state index is -0.702. The summed E-state index contributed by atoms with van der Waals surface area (Å²) in [4.78, 5) is 13.1. The fraction of sp³-hybridized carbons (Fsp3) is 0.462. The van der Waals surface area contributed by atoms with Gasteiger partial charge in [-0.1, -0.05) is 40.5 Å². The van der Waals surface area contributed by atoms with E-state index in [9.17, 15) is 4.79 Å². The predicted octanol–water partition coefficient (Wildman–Crippen LogP) is 3.26. The summed E-state index contributed by atoms with van der Waals surface area (Å²) in [5.74, 6) is -0.684. The molecule has 0 saturated carbocycles. The summed E-state index contributed by atoms with van der Waals surface area (Å²) in [6.45, 7) is 4.31. The van der Waals surface area contributed by atoms with Crippen LogP contribution in [-0.4, -0.2) is 29.1 Å². The van der Waals surface area contributed by atoms with E-state index in [1.165, 1.54) is 5.56 Å². The van der Waals surface area contributed by atoms with Crippen molar-refractivity contribution >= 4 is 33.5 Å². The Hall–Kier alpha value is -0.580. The zero-order chi connectivity index (χ0) is 13.3. The van der Waals surface area contributed by atoms with Crippen LogP contribution >= 0.6 is 27.5 Å². The number of rotatable bonds is 4. The first kappa shape index (κ1) is 13.8. The molecule has 18 heavy (non-hydrogen) atoms. The summed E-state index contributed by atoms with van der Waals surface area (Å²) >= 11 is 9.38. The lowest BCUT2D eigenvalue weighted by molar-refractivity contribution is -0.145. The minimum absolute atomic E-state index is 0.255. The first-order valence-corrected chi connectivity index (χ1v) is 7.03. The molecule has 1 heterocycles. The van der Waals surface area contributed by atoms with E-state index in [1.807, 2.05) is 18.2 Å². The van der Waals surface area contributed by atoms with Crippen LogP contribution < -0.4 is 0 Å². The molecule has 0 radical (unpaired) electrons. The third-order valence-corrected chi connectivity index (χ3v) is 4.46. The molecule has 1 aromatic rings. The maximum Gasteiger partial charge on any atom is 0.306 e. The second-order valence-electron chi connectivity index (χ2n) is 4.82. The molecule has 0 bridgehead atoms. The van der Waals surface area contributed by atoms with Crippen molar-refractivity contribution in [2.75, 3.05) is 13.1 Å². The van der Waals surface area contributed by atoms with Gasteiger partial charge in [-0.05, 0) is 23.6 Å². The Morgan fingerprint density at radius 1 is 1.61 bits per heavy atom. The normalized spacial score (nSPS) is 18.4. The molecule has 98 valence electrons. The molecule has 0 aliphatic carbocycles. The van der Waals surface area contributed by atoms with Crippen LogP contribution in [0.15, 0.2) is 22.7 Å². The van der Waals surface area contributed by atoms with Crippen LogP contribution in [0.3, 0.4) is 0 Å². The van der Waals surface area contributed by atoms with Crippen molar-refractivity contribution in [3.63, 3.8) is 0 Å². The molecule has 1 unspecified atom stereocenters. The lowest BCUT2D eigenvalue weighted by Crippen LogP contribution is -2.50. The number of carboxylic acid groups (broad SMARTS) is 1. The van der Waals surface area contributed by atoms with Gasteiger partial charge in [-0.15, -0.1) is 0 Å². The van der Waals surface area contributed by atoms with E-state index in [0.29, 0.717) is 5.02 Å². The van der Waals surface area contributed by atoms with Crippen molar-refractivity contribution in [1.82, 2.24) is 4.90 Å². The first-order valence-electron chi connectivity index (χ1n) is 5.86. The Bertz CT molecular complexity index is 460. The molecule has 1 atom stereocenters. The maximum atomic E-state index is 10.8. The van der Waals surface area contributed by atoms with Crippen LogP contribution in [0.4, 0.5) is 0 Å². The van der Waals surface area contributed by atoms with Crippen molar-refractivity contribution in [2.45, 2.75) is 13.5 Å². The van der Waals surface area contributed by atoms with Crippen LogP contribution in [-0.2, 0) is 11.3 Å². The maximum absolute atomic E-state index is 10.8. The van der Waals surface area contributed by atoms with E-state index in [0.717, 1.165) is 24.1 Å². The van der Waals surface area contributed by atoms with Gasteiger partial charge in [0.25, 0.3) is 0 Å². The second-order valence-corrected chi connectivity index (χ2v) is 6.11. The van der Waals surface area contributed by atoms with E-state index in [1.54, 1.807) is 6.92 Å². The van der Waals surface area contributed by atoms with Crippen LogP contribution in [0.5, 0.6) is 0 Å². The van der Waals surface area contributed by atoms with Gasteiger partial charge in [0.05, 0.1) is 5.92 Å². The van der Waals surface area contributed by atoms with Gasteiger partial charge in [-0.25, -0.2) is 0 Å². The van der Waals surface area contributed by atoms with Gasteiger partial charge in [0.15, 0.2) is 0 Å². The van der Waals surface area contributed by atoms with E-state index >= 15 is 0 Å². The number of hydrogen-bond donors (Lipinski definition) is 1. The quantitative estimate of drug-likeness (QED) is 0.920. The number of halogens is 2. The summed E-state index contributed by atoms with van der Waals surface area (Å²) in [6, 6.07) is 5.76. The molecule has 0 aromatic heterocycles. The summed E-state index contributed by atoms with van der Waals surface area (Å²) in [5.41, 5.74) is 1.18. The minimum Gasteiger partial charge on any atom is -0.481 e. The van der Waals surface area contributed by atoms with E-state index in [-0.39, 0.29) is 11.8 Å². The predicted molar refractivity (Wildman–Crippen MR) is 74.7 cm³/mol. The molecule has 5 heteroatoms. The van der Waals surface area contributed by atoms with Crippen molar-refractivity contribution in [2.24, 2.45) is 11.8 Å². The third-order valence-electron chi connectivity index (χ3n) is 3.49. The summed E-state index contributed by atoms with van der Waals surface area (Å²) < 4.78 is 1.00. The van der Waals surface area contributed by atoms with Gasteiger partial charge in [-0.2, -0.15) is 0 Å². The van der Waals surface area contributed by atoms with Crippen LogP contribution in [0.1, 0.15) is 12.5 Å². The largest absolute Gasteiger partial charge is 0.481 e. The fourth-order valence-corrected chi connectivity index (χ4v) is 2.96. The van der Waals surface area contributed by atoms with E-state index in [2.05, 4.69) is 20.8 Å². The van der Waals surface area contributed by atoms with Gasteiger partial charge in [0.1, 0.15) is 0 Å². The van der Waals surface area contributed by atoms with Gasteiger partial charge < -0.3 is 5.11 Å². The zero-order valence-corrected chi connectivity index (χ0v) is 12.4. The molecule has 1 aliphatic rings. The number of benzene rings is 1. The Morgan fingerprint density at radius 2 is 2.28 bits per heavy atom. The molecule has 0 spiro atoms. The molecule has 2 rings (SSSR count). The Labute approximate surface area is 120 Å². The molecule has 1 saturated heterocycles. The van der Waals surface area contributed by atoms with Crippen LogP contribution in [0.2, 0.25) is 5.02 Å². The molecular formula is C13H15BrClNO2. The standard InChI is InChI=1S/C13H15BrClNO2/c1-8(13(17)18)10-6-16(7-10)5-9-2-3-11(15)4-12(9)14/h2-4,8,10H,5-7H2,1H3,(H,17,18). The number of carbonyl (C=O) groups is 1. The molecule has 3 nitrogen and oxygen atoms in total. The lowest BCUT2D eigenvalue weighted by atomic mass is 9.87. The Morgan fingerprint density at radius 3 is 2.83 bits per heavy atom. The average molecular weight is 333 g/mol. The molecule has 0 amide bonds. The molecule has 1 N–H and O–H groups in total. The first-order chi connectivity index (χ1) is 8.47. The van der Waals surface area contributed by atoms with Gasteiger partial charge in [-0.3, -0.25) is 9.69 Å². The monoisotopic (exact) mass is 331 g/mol. The van der Waals surface area contributed by atoms with Gasteiger partial charge in [0.2, 0.25) is 0 Å². The zero-order valence-electron chi connectivity index (χ0n) is 10.1. The Kier molecular flexibility index (Phi) is 4.30. The summed E-state index contributed by atoms with van der Waals surface area (Å²) in [6.07, 6.45) is 0. The average Bonchev–Trinajstić information content (AvgIpc) is 2.24. The van der Waals surface area contributed by atoms with Crippen LogP contribution in [0.25, 0.3) is 0 Å². The second kappa shape index (κ2) is 5.59. The van der Waals surface area contributed by atoms with Gasteiger partial charge in [0, 0.05) is 29.1 Å². The van der Waals surface area contributed by atoms with Crippen molar-refractivity contribution in [3.8, 4) is 0 Å². The van der Waals surface area contributed by atoms with Crippen molar-refractivity contribution in [3.05, 3.63) is 33.3 Å². The molecule has 1 aromatic carbocycles. The number of hydrogen-bond acceptors (Lipinski definition) is 2. The SMILES string of the molecule is CC(C(=O)O)C1CN(Cc2ccc(Cl)cc2Br)C1. The van der Waals surface area contributed by atoms with E-state index in [4.69, 9.17) is 16.7 Å². The fourth-order valence-electron chi connectivity index (χ4n) is 2.15. The highest BCUT2D eigenvalue weighted by atomic mass is 79.9. The highest BCUT2D eigenvalue weighted by molar-refractivity contribution is 9.10. The molecule has 1 fully saturated rings. The van der Waals surface area contributed by atoms with Gasteiger partial charge >= 0.3 is 5.97 Å². The highest BCUT2D eigenvalue weighted by Crippen LogP contribution is 2.28. The van der Waals surface area contributed by atoms with E-state index < -0.39 is 5.97 Å². The van der Waals surface area contributed by atoms with Crippen molar-refractivity contribution < 1.29 is 9.90 Å². The number of aliphatic carboxylic acids is 1. The molecule has 1 aliphatic heterocycles. The lowest BCUT2D eigenvalue weighted by Gasteiger charge is -2.41. The molecular weight excluding hydrogens is 318 g/mol. The summed E-state index contributed by atoms with van der Waals surface area (Å²) in [7, 11) is 0. The smallest absolute Gasteiger partial charge is 0.306 e. The third kappa shape index (κ3) is 3.05.